The Morgan fingerprint density at radius 1 is 0.667 bits per heavy atom. The molecule has 0 aliphatic heterocycles. The topological polar surface area (TPSA) is 84.9 Å². The smallest absolute Gasteiger partial charge is 0.231 e. The van der Waals surface area contributed by atoms with Crippen LogP contribution < -0.4 is 15.4 Å². The summed E-state index contributed by atoms with van der Waals surface area (Å²) in [7, 11) is 0. The van der Waals surface area contributed by atoms with E-state index in [1.807, 2.05) is 60.7 Å². The number of anilines is 4. The largest absolute Gasteiger partial charge is 0.457 e. The van der Waals surface area contributed by atoms with E-state index in [0.717, 1.165) is 22.9 Å². The monoisotopic (exact) mass is 434 g/mol. The summed E-state index contributed by atoms with van der Waals surface area (Å²) in [6, 6.07) is 23.5. The van der Waals surface area contributed by atoms with Crippen molar-refractivity contribution < 1.29 is 4.74 Å². The summed E-state index contributed by atoms with van der Waals surface area (Å²) in [6.45, 7) is 4.17. The van der Waals surface area contributed by atoms with E-state index in [-0.39, 0.29) is 0 Å². The molecule has 2 N–H and O–H groups in total. The Morgan fingerprint density at radius 3 is 2.18 bits per heavy atom. The fourth-order valence-corrected chi connectivity index (χ4v) is 3.32. The minimum Gasteiger partial charge on any atom is -0.457 e. The SMILES string of the molecule is Cc1ccc(Nc2nc(Nc3ccc(Oc4ccccc4)cc3)nc3nccnc23)cc1C. The molecule has 0 amide bonds. The maximum Gasteiger partial charge on any atom is 0.231 e. The number of aromatic nitrogens is 4. The van der Waals surface area contributed by atoms with Gasteiger partial charge in [-0.2, -0.15) is 9.97 Å². The van der Waals surface area contributed by atoms with Gasteiger partial charge in [-0.3, -0.25) is 0 Å². The van der Waals surface area contributed by atoms with Gasteiger partial charge < -0.3 is 15.4 Å². The third-order valence-corrected chi connectivity index (χ3v) is 5.19. The lowest BCUT2D eigenvalue weighted by Crippen LogP contribution is -2.04. The number of hydrogen-bond acceptors (Lipinski definition) is 7. The number of ether oxygens (including phenoxy) is 1. The van der Waals surface area contributed by atoms with Crippen LogP contribution in [0.25, 0.3) is 11.2 Å². The molecule has 5 rings (SSSR count). The van der Waals surface area contributed by atoms with E-state index in [2.05, 4.69) is 56.5 Å². The quantitative estimate of drug-likeness (QED) is 0.324. The van der Waals surface area contributed by atoms with E-state index < -0.39 is 0 Å². The lowest BCUT2D eigenvalue weighted by molar-refractivity contribution is 0.483. The van der Waals surface area contributed by atoms with Crippen LogP contribution in [-0.4, -0.2) is 19.9 Å². The molecule has 3 aromatic carbocycles. The second-order valence-corrected chi connectivity index (χ2v) is 7.61. The Labute approximate surface area is 191 Å². The lowest BCUT2D eigenvalue weighted by atomic mass is 10.1. The number of nitrogens with one attached hydrogen (secondary N) is 2. The zero-order valence-electron chi connectivity index (χ0n) is 18.3. The van der Waals surface area contributed by atoms with Crippen LogP contribution in [-0.2, 0) is 0 Å². The summed E-state index contributed by atoms with van der Waals surface area (Å²) in [5.41, 5.74) is 5.29. The molecule has 7 heteroatoms. The molecule has 0 saturated heterocycles. The molecular weight excluding hydrogens is 412 g/mol. The van der Waals surface area contributed by atoms with E-state index in [0.29, 0.717) is 22.9 Å². The van der Waals surface area contributed by atoms with Crippen LogP contribution in [0.1, 0.15) is 11.1 Å². The van der Waals surface area contributed by atoms with Gasteiger partial charge in [0.15, 0.2) is 17.0 Å². The van der Waals surface area contributed by atoms with Crippen molar-refractivity contribution in [2.45, 2.75) is 13.8 Å². The van der Waals surface area contributed by atoms with Gasteiger partial charge in [-0.25, -0.2) is 9.97 Å². The molecule has 0 radical (unpaired) electrons. The third kappa shape index (κ3) is 4.72. The van der Waals surface area contributed by atoms with Gasteiger partial charge in [-0.15, -0.1) is 0 Å². The average Bonchev–Trinajstić information content (AvgIpc) is 2.83. The van der Waals surface area contributed by atoms with Crippen molar-refractivity contribution >= 4 is 34.3 Å². The highest BCUT2D eigenvalue weighted by Gasteiger charge is 2.11. The van der Waals surface area contributed by atoms with Gasteiger partial charge in [0.05, 0.1) is 0 Å². The minimum absolute atomic E-state index is 0.422. The zero-order chi connectivity index (χ0) is 22.6. The van der Waals surface area contributed by atoms with Crippen molar-refractivity contribution in [3.8, 4) is 11.5 Å². The predicted molar refractivity (Wildman–Crippen MR) is 131 cm³/mol. The van der Waals surface area contributed by atoms with Gasteiger partial charge in [0.2, 0.25) is 5.95 Å². The van der Waals surface area contributed by atoms with Gasteiger partial charge in [-0.05, 0) is 73.5 Å². The van der Waals surface area contributed by atoms with Crippen molar-refractivity contribution in [1.82, 2.24) is 19.9 Å². The number of fused-ring (bicyclic) bond motifs is 1. The van der Waals surface area contributed by atoms with Crippen molar-refractivity contribution in [3.05, 3.63) is 96.3 Å². The Morgan fingerprint density at radius 2 is 1.39 bits per heavy atom. The molecule has 0 bridgehead atoms. The average molecular weight is 435 g/mol. The molecule has 0 fully saturated rings. The molecule has 0 aliphatic carbocycles. The Hall–Kier alpha value is -4.52. The molecule has 7 nitrogen and oxygen atoms in total. The molecule has 2 aromatic heterocycles. The van der Waals surface area contributed by atoms with E-state index in [4.69, 9.17) is 4.74 Å². The molecule has 2 heterocycles. The number of benzene rings is 3. The van der Waals surface area contributed by atoms with Crippen LogP contribution in [0.3, 0.4) is 0 Å². The number of aryl methyl sites for hydroxylation is 2. The minimum atomic E-state index is 0.422. The predicted octanol–water partition coefficient (Wildman–Crippen LogP) is 6.32. The molecular formula is C26H22N6O. The standard InChI is InChI=1S/C26H22N6O/c1-17-8-9-20(16-18(17)2)29-25-23-24(28-15-14-27-23)31-26(32-25)30-19-10-12-22(13-11-19)33-21-6-4-3-5-7-21/h3-16H,1-2H3,(H2,28,29,30,31,32). The van der Waals surface area contributed by atoms with Gasteiger partial charge in [0, 0.05) is 23.8 Å². The first kappa shape index (κ1) is 20.4. The van der Waals surface area contributed by atoms with Crippen LogP contribution in [0.4, 0.5) is 23.1 Å². The maximum absolute atomic E-state index is 5.86. The number of rotatable bonds is 6. The molecule has 0 unspecified atom stereocenters. The van der Waals surface area contributed by atoms with Gasteiger partial charge in [0.1, 0.15) is 11.5 Å². The van der Waals surface area contributed by atoms with Crippen molar-refractivity contribution in [3.63, 3.8) is 0 Å². The van der Waals surface area contributed by atoms with Crippen LogP contribution in [0.5, 0.6) is 11.5 Å². The molecule has 0 spiro atoms. The van der Waals surface area contributed by atoms with Gasteiger partial charge in [0.25, 0.3) is 0 Å². The second-order valence-electron chi connectivity index (χ2n) is 7.61. The Bertz CT molecular complexity index is 1400. The zero-order valence-corrected chi connectivity index (χ0v) is 18.3. The normalized spacial score (nSPS) is 10.7. The summed E-state index contributed by atoms with van der Waals surface area (Å²) < 4.78 is 5.86. The van der Waals surface area contributed by atoms with E-state index in [1.165, 1.54) is 11.1 Å². The van der Waals surface area contributed by atoms with Crippen molar-refractivity contribution in [2.24, 2.45) is 0 Å². The highest BCUT2D eigenvalue weighted by Crippen LogP contribution is 2.27. The molecule has 33 heavy (non-hydrogen) atoms. The lowest BCUT2D eigenvalue weighted by Gasteiger charge is -2.12. The number of nitrogens with zero attached hydrogens (tertiary/aromatic N) is 4. The first-order valence-corrected chi connectivity index (χ1v) is 10.6. The third-order valence-electron chi connectivity index (χ3n) is 5.19. The maximum atomic E-state index is 5.86. The van der Waals surface area contributed by atoms with Crippen LogP contribution in [0.15, 0.2) is 85.2 Å². The van der Waals surface area contributed by atoms with E-state index in [1.54, 1.807) is 12.4 Å². The molecule has 0 atom stereocenters. The Kier molecular flexibility index (Phi) is 5.51. The van der Waals surface area contributed by atoms with Crippen LogP contribution in [0, 0.1) is 13.8 Å². The van der Waals surface area contributed by atoms with Gasteiger partial charge >= 0.3 is 0 Å². The summed E-state index contributed by atoms with van der Waals surface area (Å²) in [4.78, 5) is 18.0. The first-order chi connectivity index (χ1) is 16.1. The molecule has 162 valence electrons. The second kappa shape index (κ2) is 8.92. The van der Waals surface area contributed by atoms with Gasteiger partial charge in [-0.1, -0.05) is 24.3 Å². The summed E-state index contributed by atoms with van der Waals surface area (Å²) in [5, 5.41) is 6.61. The number of hydrogen-bond donors (Lipinski definition) is 2. The number of para-hydroxylation sites is 1. The fourth-order valence-electron chi connectivity index (χ4n) is 3.32. The van der Waals surface area contributed by atoms with E-state index in [9.17, 15) is 0 Å². The van der Waals surface area contributed by atoms with Crippen LogP contribution in [0.2, 0.25) is 0 Å². The molecule has 0 aliphatic rings. The molecule has 5 aromatic rings. The first-order valence-electron chi connectivity index (χ1n) is 10.6. The summed E-state index contributed by atoms with van der Waals surface area (Å²) in [5.74, 6) is 2.54. The summed E-state index contributed by atoms with van der Waals surface area (Å²) >= 11 is 0. The van der Waals surface area contributed by atoms with Crippen molar-refractivity contribution in [1.29, 1.82) is 0 Å². The molecule has 0 saturated carbocycles. The van der Waals surface area contributed by atoms with E-state index >= 15 is 0 Å². The fraction of sp³-hybridized carbons (Fsp3) is 0.0769. The highest BCUT2D eigenvalue weighted by atomic mass is 16.5. The highest BCUT2D eigenvalue weighted by molar-refractivity contribution is 5.86. The van der Waals surface area contributed by atoms with Crippen LogP contribution >= 0.6 is 0 Å². The van der Waals surface area contributed by atoms with Crippen molar-refractivity contribution in [2.75, 3.05) is 10.6 Å². The Balaban J connectivity index is 1.40. The summed E-state index contributed by atoms with van der Waals surface area (Å²) in [6.07, 6.45) is 3.25.